The number of alkyl carbamates (subject to hydrolysis) is 1. The molecule has 23 heavy (non-hydrogen) atoms. The van der Waals surface area contributed by atoms with Gasteiger partial charge in [0, 0.05) is 24.8 Å². The minimum atomic E-state index is -0.868. The third-order valence-corrected chi connectivity index (χ3v) is 2.39. The third-order valence-electron chi connectivity index (χ3n) is 2.39. The van der Waals surface area contributed by atoms with Crippen molar-refractivity contribution in [2.75, 3.05) is 18.4 Å². The highest BCUT2D eigenvalue weighted by Crippen LogP contribution is 2.14. The fourth-order valence-corrected chi connectivity index (χ4v) is 1.51. The van der Waals surface area contributed by atoms with E-state index >= 15 is 0 Å². The second-order valence-electron chi connectivity index (χ2n) is 5.69. The molecule has 0 aliphatic rings. The van der Waals surface area contributed by atoms with Crippen molar-refractivity contribution in [3.63, 3.8) is 0 Å². The number of carbonyl (C=O) groups is 3. The van der Waals surface area contributed by atoms with E-state index in [-0.39, 0.29) is 18.8 Å². The van der Waals surface area contributed by atoms with Crippen LogP contribution in [0.1, 0.15) is 20.8 Å². The Bertz CT molecular complexity index is 581. The van der Waals surface area contributed by atoms with Gasteiger partial charge < -0.3 is 25.8 Å². The first-order valence-corrected chi connectivity index (χ1v) is 7.02. The summed E-state index contributed by atoms with van der Waals surface area (Å²) >= 11 is 0. The molecule has 0 radical (unpaired) electrons. The van der Waals surface area contributed by atoms with Crippen LogP contribution in [0.4, 0.5) is 10.5 Å². The average Bonchev–Trinajstić information content (AvgIpc) is 2.41. The van der Waals surface area contributed by atoms with Gasteiger partial charge in [0.1, 0.15) is 11.4 Å². The molecule has 8 nitrogen and oxygen atoms in total. The van der Waals surface area contributed by atoms with E-state index in [4.69, 9.17) is 4.74 Å². The first-order valence-electron chi connectivity index (χ1n) is 7.02. The quantitative estimate of drug-likeness (QED) is 0.486. The number of ether oxygens (including phenoxy) is 1. The number of amides is 3. The van der Waals surface area contributed by atoms with E-state index in [0.717, 1.165) is 0 Å². The van der Waals surface area contributed by atoms with Gasteiger partial charge >= 0.3 is 17.9 Å². The monoisotopic (exact) mass is 323 g/mol. The highest BCUT2D eigenvalue weighted by atomic mass is 16.6. The molecule has 1 aromatic rings. The Kier molecular flexibility index (Phi) is 6.37. The lowest BCUT2D eigenvalue weighted by Crippen LogP contribution is -2.41. The zero-order valence-electron chi connectivity index (χ0n) is 13.3. The normalized spacial score (nSPS) is 10.6. The maximum absolute atomic E-state index is 11.6. The first-order chi connectivity index (χ1) is 10.7. The Hall–Kier alpha value is -2.77. The van der Waals surface area contributed by atoms with Gasteiger partial charge in [0.25, 0.3) is 0 Å². The van der Waals surface area contributed by atoms with Crippen molar-refractivity contribution in [1.29, 1.82) is 0 Å². The molecule has 8 heteroatoms. The standard InChI is InChI=1S/C15H21N3O5/c1-15(2,3)23-14(22)17-8-7-16-12(20)13(21)18-10-5-4-6-11(19)9-10/h4-6,9,19H,7-8H2,1-3H3,(H,16,20)(H,17,22)(H,18,21). The fraction of sp³-hybridized carbons (Fsp3) is 0.400. The molecule has 0 fully saturated rings. The minimum Gasteiger partial charge on any atom is -0.508 e. The molecule has 1 rings (SSSR count). The lowest BCUT2D eigenvalue weighted by atomic mass is 10.2. The minimum absolute atomic E-state index is 0.0234. The molecule has 3 amide bonds. The molecule has 0 aliphatic carbocycles. The van der Waals surface area contributed by atoms with Crippen LogP contribution in [0.3, 0.4) is 0 Å². The van der Waals surface area contributed by atoms with Gasteiger partial charge in [-0.1, -0.05) is 6.07 Å². The molecule has 0 aromatic heterocycles. The summed E-state index contributed by atoms with van der Waals surface area (Å²) in [6.07, 6.45) is -0.601. The van der Waals surface area contributed by atoms with Crippen LogP contribution in [-0.4, -0.2) is 41.7 Å². The molecule has 0 saturated heterocycles. The second-order valence-corrected chi connectivity index (χ2v) is 5.69. The number of phenols is 1. The van der Waals surface area contributed by atoms with Crippen LogP contribution in [0.5, 0.6) is 5.75 Å². The third kappa shape index (κ3) is 7.70. The van der Waals surface area contributed by atoms with Crippen molar-refractivity contribution in [3.05, 3.63) is 24.3 Å². The molecule has 4 N–H and O–H groups in total. The predicted molar refractivity (Wildman–Crippen MR) is 84.0 cm³/mol. The molecule has 1 aromatic carbocycles. The second kappa shape index (κ2) is 8.02. The van der Waals surface area contributed by atoms with Crippen molar-refractivity contribution in [3.8, 4) is 5.75 Å². The molecule has 0 bridgehead atoms. The van der Waals surface area contributed by atoms with Crippen LogP contribution in [0, 0.1) is 0 Å². The van der Waals surface area contributed by atoms with Crippen LogP contribution in [0.15, 0.2) is 24.3 Å². The summed E-state index contributed by atoms with van der Waals surface area (Å²) in [5.41, 5.74) is -0.300. The van der Waals surface area contributed by atoms with Crippen molar-refractivity contribution >= 4 is 23.6 Å². The zero-order valence-corrected chi connectivity index (χ0v) is 13.3. The van der Waals surface area contributed by atoms with Gasteiger partial charge in [0.15, 0.2) is 0 Å². The fourth-order valence-electron chi connectivity index (χ4n) is 1.51. The Morgan fingerprint density at radius 3 is 2.35 bits per heavy atom. The van der Waals surface area contributed by atoms with E-state index in [1.807, 2.05) is 0 Å². The van der Waals surface area contributed by atoms with Crippen molar-refractivity contribution in [1.82, 2.24) is 10.6 Å². The Balaban J connectivity index is 2.28. The van der Waals surface area contributed by atoms with E-state index in [9.17, 15) is 19.5 Å². The number of rotatable bonds is 4. The summed E-state index contributed by atoms with van der Waals surface area (Å²) in [6.45, 7) is 5.41. The summed E-state index contributed by atoms with van der Waals surface area (Å²) in [4.78, 5) is 34.6. The number of phenolic OH excluding ortho intramolecular Hbond substituents is 1. The van der Waals surface area contributed by atoms with Gasteiger partial charge in [0.2, 0.25) is 0 Å². The number of hydrogen-bond donors (Lipinski definition) is 4. The Labute approximate surface area is 134 Å². The number of nitrogens with one attached hydrogen (secondary N) is 3. The van der Waals surface area contributed by atoms with Crippen LogP contribution < -0.4 is 16.0 Å². The predicted octanol–water partition coefficient (Wildman–Crippen LogP) is 0.972. The van der Waals surface area contributed by atoms with Gasteiger partial charge in [-0.2, -0.15) is 0 Å². The smallest absolute Gasteiger partial charge is 0.407 e. The van der Waals surface area contributed by atoms with Crippen LogP contribution in [0.2, 0.25) is 0 Å². The summed E-state index contributed by atoms with van der Waals surface area (Å²) in [6, 6.07) is 5.83. The summed E-state index contributed by atoms with van der Waals surface area (Å²) in [5, 5.41) is 16.4. The zero-order chi connectivity index (χ0) is 17.5. The van der Waals surface area contributed by atoms with Gasteiger partial charge in [-0.25, -0.2) is 4.79 Å². The number of aromatic hydroxyl groups is 1. The molecule has 0 saturated carbocycles. The molecule has 0 heterocycles. The summed E-state index contributed by atoms with van der Waals surface area (Å²) < 4.78 is 5.02. The van der Waals surface area contributed by atoms with Gasteiger partial charge in [-0.3, -0.25) is 9.59 Å². The largest absolute Gasteiger partial charge is 0.508 e. The molecule has 0 unspecified atom stereocenters. The van der Waals surface area contributed by atoms with Gasteiger partial charge in [-0.15, -0.1) is 0 Å². The molecular formula is C15H21N3O5. The average molecular weight is 323 g/mol. The van der Waals surface area contributed by atoms with E-state index < -0.39 is 23.5 Å². The Morgan fingerprint density at radius 2 is 1.74 bits per heavy atom. The number of benzene rings is 1. The lowest BCUT2D eigenvalue weighted by molar-refractivity contribution is -0.136. The molecule has 0 aliphatic heterocycles. The molecule has 0 atom stereocenters. The molecular weight excluding hydrogens is 302 g/mol. The SMILES string of the molecule is CC(C)(C)OC(=O)NCCNC(=O)C(=O)Nc1cccc(O)c1. The Morgan fingerprint density at radius 1 is 1.09 bits per heavy atom. The van der Waals surface area contributed by atoms with Crippen LogP contribution in [-0.2, 0) is 14.3 Å². The van der Waals surface area contributed by atoms with E-state index in [1.165, 1.54) is 24.3 Å². The number of hydrogen-bond acceptors (Lipinski definition) is 5. The van der Waals surface area contributed by atoms with Crippen molar-refractivity contribution in [2.45, 2.75) is 26.4 Å². The summed E-state index contributed by atoms with van der Waals surface area (Å²) in [5.74, 6) is -1.74. The number of carbonyl (C=O) groups excluding carboxylic acids is 3. The van der Waals surface area contributed by atoms with Gasteiger partial charge in [0.05, 0.1) is 0 Å². The van der Waals surface area contributed by atoms with Crippen LogP contribution in [0.25, 0.3) is 0 Å². The number of anilines is 1. The highest BCUT2D eigenvalue weighted by molar-refractivity contribution is 6.39. The van der Waals surface area contributed by atoms with Crippen LogP contribution >= 0.6 is 0 Å². The van der Waals surface area contributed by atoms with Gasteiger partial charge in [-0.05, 0) is 32.9 Å². The van der Waals surface area contributed by atoms with E-state index in [0.29, 0.717) is 5.69 Å². The van der Waals surface area contributed by atoms with Crippen molar-refractivity contribution in [2.24, 2.45) is 0 Å². The first kappa shape index (κ1) is 18.3. The topological polar surface area (TPSA) is 117 Å². The summed E-state index contributed by atoms with van der Waals surface area (Å²) in [7, 11) is 0. The molecule has 126 valence electrons. The van der Waals surface area contributed by atoms with E-state index in [1.54, 1.807) is 20.8 Å². The maximum atomic E-state index is 11.6. The molecule has 0 spiro atoms. The highest BCUT2D eigenvalue weighted by Gasteiger charge is 2.16. The maximum Gasteiger partial charge on any atom is 0.407 e. The van der Waals surface area contributed by atoms with Crippen molar-refractivity contribution < 1.29 is 24.2 Å². The lowest BCUT2D eigenvalue weighted by Gasteiger charge is -2.19. The van der Waals surface area contributed by atoms with E-state index in [2.05, 4.69) is 16.0 Å².